The molecule has 0 amide bonds. The number of rotatable bonds is 4. The smallest absolute Gasteiger partial charge is 0.139 e. The maximum atomic E-state index is 5.47. The van der Waals surface area contributed by atoms with Crippen LogP contribution >= 0.6 is 11.5 Å². The monoisotopic (exact) mass is 185 g/mol. The van der Waals surface area contributed by atoms with Gasteiger partial charge in [-0.3, -0.25) is 0 Å². The molecule has 0 bridgehead atoms. The summed E-state index contributed by atoms with van der Waals surface area (Å²) in [5, 5.41) is 4.34. The van der Waals surface area contributed by atoms with Crippen molar-refractivity contribution in [2.75, 3.05) is 17.6 Å². The Morgan fingerprint density at radius 3 is 2.92 bits per heavy atom. The van der Waals surface area contributed by atoms with E-state index in [1.165, 1.54) is 18.0 Å². The molecule has 0 spiro atoms. The number of aromatic nitrogens is 1. The van der Waals surface area contributed by atoms with Crippen LogP contribution in [0.2, 0.25) is 0 Å². The van der Waals surface area contributed by atoms with Crippen LogP contribution in [0.1, 0.15) is 20.3 Å². The van der Waals surface area contributed by atoms with Gasteiger partial charge in [0.15, 0.2) is 0 Å². The first-order valence-electron chi connectivity index (χ1n) is 4.14. The minimum absolute atomic E-state index is 0.604. The number of nitrogens with zero attached hydrogens (tertiary/aromatic N) is 1. The van der Waals surface area contributed by atoms with Gasteiger partial charge in [-0.25, -0.2) is 0 Å². The first-order chi connectivity index (χ1) is 5.68. The number of nitrogens with two attached hydrogens (primary N) is 1. The highest BCUT2D eigenvalue weighted by Crippen LogP contribution is 2.17. The molecule has 1 heterocycles. The molecule has 0 aliphatic heterocycles. The molecule has 0 saturated carbocycles. The summed E-state index contributed by atoms with van der Waals surface area (Å²) in [6.07, 6.45) is 1.18. The minimum Gasteiger partial charge on any atom is -0.383 e. The first-order valence-corrected chi connectivity index (χ1v) is 4.92. The fourth-order valence-electron chi connectivity index (χ4n) is 0.856. The molecule has 3 nitrogen and oxygen atoms in total. The second kappa shape index (κ2) is 4.30. The normalized spacial score (nSPS) is 10.6. The summed E-state index contributed by atoms with van der Waals surface area (Å²) in [7, 11) is 0. The quantitative estimate of drug-likeness (QED) is 0.756. The molecule has 0 saturated heterocycles. The molecule has 0 fully saturated rings. The van der Waals surface area contributed by atoms with Gasteiger partial charge in [-0.2, -0.15) is 4.37 Å². The van der Waals surface area contributed by atoms with Gasteiger partial charge < -0.3 is 11.1 Å². The average Bonchev–Trinajstić information content (AvgIpc) is 2.35. The lowest BCUT2D eigenvalue weighted by molar-refractivity contribution is 0.607. The summed E-state index contributed by atoms with van der Waals surface area (Å²) in [5.41, 5.74) is 5.47. The Morgan fingerprint density at radius 1 is 1.67 bits per heavy atom. The average molecular weight is 185 g/mol. The van der Waals surface area contributed by atoms with E-state index in [1.54, 1.807) is 0 Å². The summed E-state index contributed by atoms with van der Waals surface area (Å²) < 4.78 is 3.97. The van der Waals surface area contributed by atoms with Crippen LogP contribution in [0.5, 0.6) is 0 Å². The highest BCUT2D eigenvalue weighted by atomic mass is 32.1. The van der Waals surface area contributed by atoms with Crippen molar-refractivity contribution in [2.24, 2.45) is 5.92 Å². The lowest BCUT2D eigenvalue weighted by Gasteiger charge is -2.04. The van der Waals surface area contributed by atoms with Gasteiger partial charge >= 0.3 is 0 Å². The van der Waals surface area contributed by atoms with Gasteiger partial charge in [0.1, 0.15) is 10.8 Å². The number of hydrogen-bond acceptors (Lipinski definition) is 4. The van der Waals surface area contributed by atoms with Crippen molar-refractivity contribution in [1.29, 1.82) is 0 Å². The maximum absolute atomic E-state index is 5.47. The fraction of sp³-hybridized carbons (Fsp3) is 0.625. The Balaban J connectivity index is 2.24. The van der Waals surface area contributed by atoms with Crippen molar-refractivity contribution < 1.29 is 0 Å². The Bertz CT molecular complexity index is 232. The second-order valence-corrected chi connectivity index (χ2v) is 4.03. The lowest BCUT2D eigenvalue weighted by Crippen LogP contribution is -2.03. The van der Waals surface area contributed by atoms with Crippen molar-refractivity contribution in [1.82, 2.24) is 4.37 Å². The number of nitrogen functional groups attached to an aromatic ring is 1. The zero-order valence-corrected chi connectivity index (χ0v) is 8.32. The second-order valence-electron chi connectivity index (χ2n) is 3.23. The Kier molecular flexibility index (Phi) is 3.34. The van der Waals surface area contributed by atoms with Gasteiger partial charge in [0.25, 0.3) is 0 Å². The molecule has 1 aromatic heterocycles. The van der Waals surface area contributed by atoms with E-state index in [9.17, 15) is 0 Å². The van der Waals surface area contributed by atoms with Gasteiger partial charge in [-0.05, 0) is 23.9 Å². The van der Waals surface area contributed by atoms with E-state index in [1.807, 2.05) is 6.07 Å². The summed E-state index contributed by atoms with van der Waals surface area (Å²) in [4.78, 5) is 0. The molecule has 1 aromatic rings. The highest BCUT2D eigenvalue weighted by molar-refractivity contribution is 7.10. The summed E-state index contributed by atoms with van der Waals surface area (Å²) >= 11 is 1.42. The van der Waals surface area contributed by atoms with Crippen molar-refractivity contribution in [3.05, 3.63) is 6.07 Å². The third-order valence-corrected chi connectivity index (χ3v) is 2.31. The molecule has 0 aliphatic rings. The molecule has 0 atom stereocenters. The molecule has 1 rings (SSSR count). The molecule has 0 unspecified atom stereocenters. The maximum Gasteiger partial charge on any atom is 0.139 e. The molecule has 0 aliphatic carbocycles. The van der Waals surface area contributed by atoms with Crippen LogP contribution in [-0.4, -0.2) is 10.9 Å². The summed E-state index contributed by atoms with van der Waals surface area (Å²) in [5.74, 6) is 1.34. The zero-order valence-electron chi connectivity index (χ0n) is 7.50. The van der Waals surface area contributed by atoms with E-state index in [0.717, 1.165) is 17.5 Å². The van der Waals surface area contributed by atoms with Crippen molar-refractivity contribution >= 4 is 22.4 Å². The lowest BCUT2D eigenvalue weighted by atomic mass is 10.1. The standard InChI is InChI=1S/C8H15N3S/c1-6(2)3-4-10-8-5-7(9)11-12-8/h5-6,10H,3-4H2,1-2H3,(H2,9,11). The number of hydrogen-bond donors (Lipinski definition) is 2. The van der Waals surface area contributed by atoms with Gasteiger partial charge in [0, 0.05) is 12.6 Å². The van der Waals surface area contributed by atoms with Crippen molar-refractivity contribution in [3.8, 4) is 0 Å². The van der Waals surface area contributed by atoms with Crippen LogP contribution in [0.25, 0.3) is 0 Å². The first kappa shape index (κ1) is 9.32. The third-order valence-electron chi connectivity index (χ3n) is 1.55. The largest absolute Gasteiger partial charge is 0.383 e. The van der Waals surface area contributed by atoms with Crippen LogP contribution in [0, 0.1) is 5.92 Å². The molecule has 12 heavy (non-hydrogen) atoms. The highest BCUT2D eigenvalue weighted by Gasteiger charge is 1.97. The summed E-state index contributed by atoms with van der Waals surface area (Å²) in [6, 6.07) is 1.87. The van der Waals surface area contributed by atoms with Crippen LogP contribution in [-0.2, 0) is 0 Å². The predicted molar refractivity (Wildman–Crippen MR) is 54.5 cm³/mol. The number of nitrogens with one attached hydrogen (secondary N) is 1. The minimum atomic E-state index is 0.604. The van der Waals surface area contributed by atoms with Crippen LogP contribution in [0.3, 0.4) is 0 Å². The van der Waals surface area contributed by atoms with E-state index in [0.29, 0.717) is 5.82 Å². The van der Waals surface area contributed by atoms with E-state index in [4.69, 9.17) is 5.73 Å². The molecule has 3 N–H and O–H groups in total. The molecule has 4 heteroatoms. The van der Waals surface area contributed by atoms with Gasteiger partial charge in [-0.15, -0.1) is 0 Å². The van der Waals surface area contributed by atoms with E-state index in [2.05, 4.69) is 23.5 Å². The van der Waals surface area contributed by atoms with E-state index in [-0.39, 0.29) is 0 Å². The Labute approximate surface area is 77.1 Å². The zero-order chi connectivity index (χ0) is 8.97. The SMILES string of the molecule is CC(C)CCNc1cc(N)ns1. The Morgan fingerprint density at radius 2 is 2.42 bits per heavy atom. The molecule has 68 valence electrons. The van der Waals surface area contributed by atoms with Crippen LogP contribution in [0.15, 0.2) is 6.07 Å². The van der Waals surface area contributed by atoms with Crippen LogP contribution in [0.4, 0.5) is 10.8 Å². The fourth-order valence-corrected chi connectivity index (χ4v) is 1.45. The van der Waals surface area contributed by atoms with Crippen LogP contribution < -0.4 is 11.1 Å². The van der Waals surface area contributed by atoms with Gasteiger partial charge in [-0.1, -0.05) is 13.8 Å². The molecule has 0 aromatic carbocycles. The topological polar surface area (TPSA) is 50.9 Å². The van der Waals surface area contributed by atoms with E-state index < -0.39 is 0 Å². The molecule has 0 radical (unpaired) electrons. The Hall–Kier alpha value is -0.770. The van der Waals surface area contributed by atoms with E-state index >= 15 is 0 Å². The van der Waals surface area contributed by atoms with Crippen molar-refractivity contribution in [2.45, 2.75) is 20.3 Å². The van der Waals surface area contributed by atoms with Gasteiger partial charge in [0.05, 0.1) is 0 Å². The van der Waals surface area contributed by atoms with Crippen molar-refractivity contribution in [3.63, 3.8) is 0 Å². The molecular formula is C8H15N3S. The third kappa shape index (κ3) is 3.09. The predicted octanol–water partition coefficient (Wildman–Crippen LogP) is 2.18. The molecular weight excluding hydrogens is 170 g/mol. The van der Waals surface area contributed by atoms with Gasteiger partial charge in [0.2, 0.25) is 0 Å². The number of anilines is 2. The summed E-state index contributed by atoms with van der Waals surface area (Å²) in [6.45, 7) is 5.42.